The van der Waals surface area contributed by atoms with Crippen LogP contribution in [-0.2, 0) is 0 Å². The second kappa shape index (κ2) is 5.27. The second-order valence-corrected chi connectivity index (χ2v) is 3.92. The van der Waals surface area contributed by atoms with Gasteiger partial charge in [0.15, 0.2) is 0 Å². The highest BCUT2D eigenvalue weighted by Gasteiger charge is 2.18. The lowest BCUT2D eigenvalue weighted by atomic mass is 10.1. The maximum atomic E-state index is 13.4. The van der Waals surface area contributed by atoms with Crippen LogP contribution in [0, 0.1) is 5.82 Å². The quantitative estimate of drug-likeness (QED) is 0.512. The van der Waals surface area contributed by atoms with Gasteiger partial charge >= 0.3 is 5.97 Å². The zero-order valence-electron chi connectivity index (χ0n) is 7.88. The van der Waals surface area contributed by atoms with E-state index in [0.29, 0.717) is 0 Å². The Hall–Kier alpha value is -1.14. The van der Waals surface area contributed by atoms with Crippen LogP contribution in [-0.4, -0.2) is 22.8 Å². The Morgan fingerprint density at radius 2 is 2.25 bits per heavy atom. The average Bonchev–Trinajstić information content (AvgIpc) is 2.22. The summed E-state index contributed by atoms with van der Waals surface area (Å²) < 4.78 is 13.6. The first-order valence-corrected chi connectivity index (χ1v) is 5.40. The van der Waals surface area contributed by atoms with E-state index in [1.165, 1.54) is 6.07 Å². The van der Waals surface area contributed by atoms with Crippen molar-refractivity contribution >= 4 is 45.0 Å². The lowest BCUT2D eigenvalue weighted by molar-refractivity contribution is 0.0696. The maximum Gasteiger partial charge on any atom is 0.339 e. The molecule has 1 aromatic rings. The molecule has 7 heteroatoms. The summed E-state index contributed by atoms with van der Waals surface area (Å²) in [6, 6.07) is 2.38. The molecule has 86 valence electrons. The molecule has 0 spiro atoms. The number of hydrogen-bond acceptors (Lipinski definition) is 2. The third kappa shape index (κ3) is 2.70. The van der Waals surface area contributed by atoms with Gasteiger partial charge in [-0.2, -0.15) is 0 Å². The van der Waals surface area contributed by atoms with Crippen LogP contribution in [0.5, 0.6) is 0 Å². The lowest BCUT2D eigenvalue weighted by Crippen LogP contribution is -2.13. The number of nitrogens with two attached hydrogens (primary N) is 1. The molecule has 0 bridgehead atoms. The first-order valence-electron chi connectivity index (χ1n) is 4.07. The topological polar surface area (TPSA) is 75.7 Å². The van der Waals surface area contributed by atoms with Gasteiger partial charge < -0.3 is 10.8 Å². The Morgan fingerprint density at radius 3 is 2.75 bits per heavy atom. The fourth-order valence-electron chi connectivity index (χ4n) is 1.03. The second-order valence-electron chi connectivity index (χ2n) is 2.79. The minimum absolute atomic E-state index is 0.0545. The summed E-state index contributed by atoms with van der Waals surface area (Å²) in [5, 5.41) is 8.92. The van der Waals surface area contributed by atoms with Gasteiger partial charge in [-0.3, -0.25) is 0 Å². The zero-order valence-corrected chi connectivity index (χ0v) is 10.2. The molecule has 3 N–H and O–H groups in total. The van der Waals surface area contributed by atoms with Crippen molar-refractivity contribution in [3.05, 3.63) is 28.0 Å². The van der Waals surface area contributed by atoms with Gasteiger partial charge in [0.05, 0.1) is 5.88 Å². The van der Waals surface area contributed by atoms with Crippen LogP contribution in [0.15, 0.2) is 21.6 Å². The molecule has 0 aromatic heterocycles. The van der Waals surface area contributed by atoms with Gasteiger partial charge in [0.25, 0.3) is 0 Å². The Labute approximate surface area is 104 Å². The minimum atomic E-state index is -1.30. The van der Waals surface area contributed by atoms with Crippen molar-refractivity contribution in [3.8, 4) is 0 Å². The first kappa shape index (κ1) is 12.9. The van der Waals surface area contributed by atoms with Gasteiger partial charge in [-0.15, -0.1) is 11.6 Å². The van der Waals surface area contributed by atoms with E-state index in [4.69, 9.17) is 22.4 Å². The molecule has 0 unspecified atom stereocenters. The van der Waals surface area contributed by atoms with E-state index in [9.17, 15) is 9.18 Å². The molecule has 1 rings (SSSR count). The number of benzene rings is 1. The van der Waals surface area contributed by atoms with Crippen LogP contribution in [0.25, 0.3) is 0 Å². The van der Waals surface area contributed by atoms with E-state index in [1.807, 2.05) is 0 Å². The van der Waals surface area contributed by atoms with Crippen molar-refractivity contribution < 1.29 is 14.3 Å². The SMILES string of the molecule is NC(CCl)=Nc1c(F)ccc(Br)c1C(=O)O. The van der Waals surface area contributed by atoms with Crippen LogP contribution < -0.4 is 5.73 Å². The number of halogens is 3. The van der Waals surface area contributed by atoms with Crippen molar-refractivity contribution in [3.63, 3.8) is 0 Å². The van der Waals surface area contributed by atoms with Crippen LogP contribution in [0.1, 0.15) is 10.4 Å². The molecular formula is C9H7BrClFN2O2. The van der Waals surface area contributed by atoms with Gasteiger partial charge in [-0.05, 0) is 28.1 Å². The minimum Gasteiger partial charge on any atom is -0.478 e. The fourth-order valence-corrected chi connectivity index (χ4v) is 1.58. The largest absolute Gasteiger partial charge is 0.478 e. The number of carboxylic acid groups (broad SMARTS) is 1. The molecule has 0 atom stereocenters. The van der Waals surface area contributed by atoms with Gasteiger partial charge in [-0.1, -0.05) is 0 Å². The number of hydrogen-bond donors (Lipinski definition) is 2. The van der Waals surface area contributed by atoms with Gasteiger partial charge in [0.2, 0.25) is 0 Å². The van der Waals surface area contributed by atoms with E-state index >= 15 is 0 Å². The van der Waals surface area contributed by atoms with E-state index in [-0.39, 0.29) is 27.4 Å². The zero-order chi connectivity index (χ0) is 12.3. The molecule has 0 saturated carbocycles. The number of rotatable bonds is 3. The molecule has 0 saturated heterocycles. The lowest BCUT2D eigenvalue weighted by Gasteiger charge is -2.05. The van der Waals surface area contributed by atoms with Crippen LogP contribution in [0.2, 0.25) is 0 Å². The molecule has 0 aliphatic rings. The van der Waals surface area contributed by atoms with E-state index in [1.54, 1.807) is 0 Å². The number of amidine groups is 1. The Morgan fingerprint density at radius 1 is 1.62 bits per heavy atom. The summed E-state index contributed by atoms with van der Waals surface area (Å²) in [7, 11) is 0. The molecule has 1 aromatic carbocycles. The van der Waals surface area contributed by atoms with Crippen molar-refractivity contribution in [1.29, 1.82) is 0 Å². The Kier molecular flexibility index (Phi) is 4.26. The molecule has 0 aliphatic heterocycles. The molecule has 0 radical (unpaired) electrons. The summed E-state index contributed by atoms with van der Waals surface area (Å²) >= 11 is 8.39. The third-order valence-corrected chi connectivity index (χ3v) is 2.62. The van der Waals surface area contributed by atoms with Crippen molar-refractivity contribution in [1.82, 2.24) is 0 Å². The smallest absolute Gasteiger partial charge is 0.339 e. The number of carboxylic acids is 1. The molecule has 16 heavy (non-hydrogen) atoms. The Bertz CT molecular complexity index is 465. The van der Waals surface area contributed by atoms with E-state index in [2.05, 4.69) is 20.9 Å². The first-order chi connectivity index (χ1) is 7.47. The maximum absolute atomic E-state index is 13.4. The number of alkyl halides is 1. The molecule has 0 aliphatic carbocycles. The Balaban J connectivity index is 3.46. The number of aliphatic imine (C=N–C) groups is 1. The van der Waals surface area contributed by atoms with Crippen LogP contribution in [0.3, 0.4) is 0 Å². The highest BCUT2D eigenvalue weighted by Crippen LogP contribution is 2.30. The van der Waals surface area contributed by atoms with E-state index in [0.717, 1.165) is 6.07 Å². The van der Waals surface area contributed by atoms with Gasteiger partial charge in [0.1, 0.15) is 22.9 Å². The van der Waals surface area contributed by atoms with Crippen LogP contribution in [0.4, 0.5) is 10.1 Å². The van der Waals surface area contributed by atoms with Gasteiger partial charge in [-0.25, -0.2) is 14.2 Å². The molecule has 4 nitrogen and oxygen atoms in total. The predicted molar refractivity (Wildman–Crippen MR) is 63.1 cm³/mol. The molecular weight excluding hydrogens is 302 g/mol. The summed E-state index contributed by atoms with van der Waals surface area (Å²) in [6.45, 7) is 0. The molecule has 0 heterocycles. The number of nitrogens with zero attached hydrogens (tertiary/aromatic N) is 1. The highest BCUT2D eigenvalue weighted by molar-refractivity contribution is 9.10. The van der Waals surface area contributed by atoms with Crippen molar-refractivity contribution in [2.24, 2.45) is 10.7 Å². The third-order valence-electron chi connectivity index (χ3n) is 1.68. The molecule has 0 amide bonds. The summed E-state index contributed by atoms with van der Waals surface area (Å²) in [6.07, 6.45) is 0. The number of aromatic carboxylic acids is 1. The standard InChI is InChI=1S/C9H7BrClFN2O2/c10-4-1-2-5(12)8(7(4)9(15)16)14-6(13)3-11/h1-2H,3H2,(H2,13,14)(H,15,16). The average molecular weight is 310 g/mol. The summed E-state index contributed by atoms with van der Waals surface area (Å²) in [4.78, 5) is 14.6. The summed E-state index contributed by atoms with van der Waals surface area (Å²) in [5.41, 5.74) is 4.72. The predicted octanol–water partition coefficient (Wildman–Crippen LogP) is 2.51. The van der Waals surface area contributed by atoms with Gasteiger partial charge in [0, 0.05) is 4.47 Å². The van der Waals surface area contributed by atoms with Crippen LogP contribution >= 0.6 is 27.5 Å². The molecule has 0 fully saturated rings. The number of carbonyl (C=O) groups is 1. The summed E-state index contributed by atoms with van der Waals surface area (Å²) in [5.74, 6) is -2.23. The normalized spacial score (nSPS) is 11.6. The van der Waals surface area contributed by atoms with Crippen molar-refractivity contribution in [2.75, 3.05) is 5.88 Å². The van der Waals surface area contributed by atoms with E-state index < -0.39 is 11.8 Å². The fraction of sp³-hybridized carbons (Fsp3) is 0.111. The monoisotopic (exact) mass is 308 g/mol. The highest BCUT2D eigenvalue weighted by atomic mass is 79.9. The van der Waals surface area contributed by atoms with Crippen molar-refractivity contribution in [2.45, 2.75) is 0 Å².